The second kappa shape index (κ2) is 5.92. The van der Waals surface area contributed by atoms with Crippen LogP contribution in [0.4, 0.5) is 21.5 Å². The van der Waals surface area contributed by atoms with Crippen molar-refractivity contribution in [3.63, 3.8) is 0 Å². The quantitative estimate of drug-likeness (QED) is 0.798. The van der Waals surface area contributed by atoms with Gasteiger partial charge in [0, 0.05) is 29.6 Å². The first-order valence-corrected chi connectivity index (χ1v) is 6.89. The third-order valence-electron chi connectivity index (χ3n) is 3.45. The second-order valence-electron chi connectivity index (χ2n) is 5.04. The first kappa shape index (κ1) is 12.9. The predicted molar refractivity (Wildman–Crippen MR) is 81.0 cm³/mol. The van der Waals surface area contributed by atoms with Gasteiger partial charge in [-0.2, -0.15) is 0 Å². The van der Waals surface area contributed by atoms with Crippen LogP contribution in [0.25, 0.3) is 0 Å². The lowest BCUT2D eigenvalue weighted by Crippen LogP contribution is -2.21. The second-order valence-corrected chi connectivity index (χ2v) is 5.04. The molecule has 0 bridgehead atoms. The number of rotatable bonds is 4. The summed E-state index contributed by atoms with van der Waals surface area (Å²) in [5, 5.41) is 10.1. The molecular weight excluding hydrogens is 253 g/mol. The fraction of sp³-hybridized carbons (Fsp3) is 0.250. The van der Waals surface area contributed by atoms with E-state index >= 15 is 0 Å². The van der Waals surface area contributed by atoms with Crippen molar-refractivity contribution < 1.29 is 4.39 Å². The van der Waals surface area contributed by atoms with Gasteiger partial charge < -0.3 is 16.0 Å². The van der Waals surface area contributed by atoms with Crippen molar-refractivity contribution in [2.45, 2.75) is 12.5 Å². The lowest BCUT2D eigenvalue weighted by molar-refractivity contribution is 0.628. The van der Waals surface area contributed by atoms with Gasteiger partial charge in [0.2, 0.25) is 0 Å². The SMILES string of the molecule is Fc1ccc(Nc2ccc(N[C@H]3CCNC3)cc2)cc1. The zero-order chi connectivity index (χ0) is 13.8. The molecule has 0 saturated carbocycles. The van der Waals surface area contributed by atoms with E-state index in [1.807, 2.05) is 12.1 Å². The molecule has 1 atom stereocenters. The summed E-state index contributed by atoms with van der Waals surface area (Å²) in [5.74, 6) is -0.222. The van der Waals surface area contributed by atoms with Crippen LogP contribution in [0.2, 0.25) is 0 Å². The zero-order valence-corrected chi connectivity index (χ0v) is 11.2. The molecule has 1 saturated heterocycles. The summed E-state index contributed by atoms with van der Waals surface area (Å²) in [6, 6.07) is 15.0. The predicted octanol–water partition coefficient (Wildman–Crippen LogP) is 3.34. The lowest BCUT2D eigenvalue weighted by atomic mass is 10.2. The van der Waals surface area contributed by atoms with Crippen LogP contribution in [-0.2, 0) is 0 Å². The van der Waals surface area contributed by atoms with Crippen LogP contribution < -0.4 is 16.0 Å². The van der Waals surface area contributed by atoms with Crippen molar-refractivity contribution in [1.29, 1.82) is 0 Å². The van der Waals surface area contributed by atoms with Crippen LogP contribution >= 0.6 is 0 Å². The molecule has 2 aromatic carbocycles. The number of benzene rings is 2. The molecule has 20 heavy (non-hydrogen) atoms. The van der Waals surface area contributed by atoms with E-state index in [4.69, 9.17) is 0 Å². The van der Waals surface area contributed by atoms with Gasteiger partial charge in [-0.15, -0.1) is 0 Å². The van der Waals surface area contributed by atoms with Crippen LogP contribution in [-0.4, -0.2) is 19.1 Å². The van der Waals surface area contributed by atoms with Crippen LogP contribution in [0.3, 0.4) is 0 Å². The molecule has 3 N–H and O–H groups in total. The highest BCUT2D eigenvalue weighted by atomic mass is 19.1. The summed E-state index contributed by atoms with van der Waals surface area (Å²) < 4.78 is 12.8. The molecule has 2 aromatic rings. The molecular formula is C16H18FN3. The lowest BCUT2D eigenvalue weighted by Gasteiger charge is -2.13. The van der Waals surface area contributed by atoms with Crippen LogP contribution in [0.15, 0.2) is 48.5 Å². The Bertz CT molecular complexity index is 545. The molecule has 1 aliphatic heterocycles. The average Bonchev–Trinajstić information content (AvgIpc) is 2.96. The number of hydrogen-bond donors (Lipinski definition) is 3. The van der Waals surface area contributed by atoms with E-state index in [1.54, 1.807) is 12.1 Å². The van der Waals surface area contributed by atoms with Crippen molar-refractivity contribution >= 4 is 17.1 Å². The van der Waals surface area contributed by atoms with Gasteiger partial charge in [-0.25, -0.2) is 4.39 Å². The minimum atomic E-state index is -0.222. The van der Waals surface area contributed by atoms with Crippen LogP contribution in [0.5, 0.6) is 0 Å². The Morgan fingerprint density at radius 2 is 1.50 bits per heavy atom. The van der Waals surface area contributed by atoms with Crippen molar-refractivity contribution in [2.75, 3.05) is 23.7 Å². The molecule has 3 rings (SSSR count). The molecule has 4 heteroatoms. The van der Waals surface area contributed by atoms with Gasteiger partial charge in [0.1, 0.15) is 5.82 Å². The number of nitrogens with one attached hydrogen (secondary N) is 3. The van der Waals surface area contributed by atoms with Crippen molar-refractivity contribution in [1.82, 2.24) is 5.32 Å². The van der Waals surface area contributed by atoms with E-state index in [1.165, 1.54) is 12.1 Å². The Morgan fingerprint density at radius 3 is 2.10 bits per heavy atom. The fourth-order valence-electron chi connectivity index (χ4n) is 2.36. The summed E-state index contributed by atoms with van der Waals surface area (Å²) in [5.41, 5.74) is 3.00. The monoisotopic (exact) mass is 271 g/mol. The van der Waals surface area contributed by atoms with E-state index in [-0.39, 0.29) is 5.82 Å². The minimum absolute atomic E-state index is 0.222. The van der Waals surface area contributed by atoms with Gasteiger partial charge in [-0.1, -0.05) is 0 Å². The Morgan fingerprint density at radius 1 is 0.900 bits per heavy atom. The third kappa shape index (κ3) is 3.27. The number of halogens is 1. The first-order valence-electron chi connectivity index (χ1n) is 6.89. The smallest absolute Gasteiger partial charge is 0.123 e. The average molecular weight is 271 g/mol. The maximum Gasteiger partial charge on any atom is 0.123 e. The topological polar surface area (TPSA) is 36.1 Å². The Kier molecular flexibility index (Phi) is 3.83. The van der Waals surface area contributed by atoms with E-state index in [9.17, 15) is 4.39 Å². The molecule has 1 aliphatic rings. The van der Waals surface area contributed by atoms with Gasteiger partial charge in [-0.3, -0.25) is 0 Å². The molecule has 0 unspecified atom stereocenters. The van der Waals surface area contributed by atoms with Crippen molar-refractivity contribution in [2.24, 2.45) is 0 Å². The van der Waals surface area contributed by atoms with Crippen molar-refractivity contribution in [3.05, 3.63) is 54.3 Å². The van der Waals surface area contributed by atoms with Crippen LogP contribution in [0.1, 0.15) is 6.42 Å². The third-order valence-corrected chi connectivity index (χ3v) is 3.45. The molecule has 0 radical (unpaired) electrons. The van der Waals surface area contributed by atoms with E-state index in [2.05, 4.69) is 28.1 Å². The summed E-state index contributed by atoms with van der Waals surface area (Å²) >= 11 is 0. The molecule has 0 aliphatic carbocycles. The Hall–Kier alpha value is -2.07. The Balaban J connectivity index is 1.62. The minimum Gasteiger partial charge on any atom is -0.381 e. The molecule has 1 heterocycles. The standard InChI is InChI=1S/C16H18FN3/c17-12-1-3-13(4-2-12)19-14-5-7-15(8-6-14)20-16-9-10-18-11-16/h1-8,16,18-20H,9-11H2/t16-/m0/s1. The largest absolute Gasteiger partial charge is 0.381 e. The van der Waals surface area contributed by atoms with E-state index in [0.29, 0.717) is 6.04 Å². The molecule has 0 amide bonds. The van der Waals surface area contributed by atoms with Gasteiger partial charge in [0.15, 0.2) is 0 Å². The van der Waals surface area contributed by atoms with Crippen molar-refractivity contribution in [3.8, 4) is 0 Å². The summed E-state index contributed by atoms with van der Waals surface area (Å²) in [6.07, 6.45) is 1.16. The van der Waals surface area contributed by atoms with Crippen LogP contribution in [0, 0.1) is 5.82 Å². The summed E-state index contributed by atoms with van der Waals surface area (Å²) in [7, 11) is 0. The normalized spacial score (nSPS) is 17.9. The number of anilines is 3. The maximum absolute atomic E-state index is 12.8. The fourth-order valence-corrected chi connectivity index (χ4v) is 2.36. The highest BCUT2D eigenvalue weighted by Gasteiger charge is 2.13. The first-order chi connectivity index (χ1) is 9.79. The molecule has 1 fully saturated rings. The highest BCUT2D eigenvalue weighted by Crippen LogP contribution is 2.20. The highest BCUT2D eigenvalue weighted by molar-refractivity contribution is 5.62. The van der Waals surface area contributed by atoms with Gasteiger partial charge in [0.05, 0.1) is 0 Å². The zero-order valence-electron chi connectivity index (χ0n) is 11.2. The number of hydrogen-bond acceptors (Lipinski definition) is 3. The maximum atomic E-state index is 12.8. The van der Waals surface area contributed by atoms with Gasteiger partial charge >= 0.3 is 0 Å². The Labute approximate surface area is 118 Å². The summed E-state index contributed by atoms with van der Waals surface area (Å²) in [4.78, 5) is 0. The van der Waals surface area contributed by atoms with E-state index < -0.39 is 0 Å². The van der Waals surface area contributed by atoms with Gasteiger partial charge in [0.25, 0.3) is 0 Å². The molecule has 104 valence electrons. The molecule has 0 spiro atoms. The summed E-state index contributed by atoms with van der Waals surface area (Å²) in [6.45, 7) is 2.11. The molecule has 0 aromatic heterocycles. The van der Waals surface area contributed by atoms with Gasteiger partial charge in [-0.05, 0) is 61.5 Å². The van der Waals surface area contributed by atoms with E-state index in [0.717, 1.165) is 36.6 Å². The molecule has 3 nitrogen and oxygen atoms in total.